The molecule has 3 heterocycles. The average Bonchev–Trinajstić information content (AvgIpc) is 3.60. The maximum absolute atomic E-state index is 15.5. The molecule has 3 aromatic carbocycles. The summed E-state index contributed by atoms with van der Waals surface area (Å²) in [6.45, 7) is -0.182. The zero-order valence-corrected chi connectivity index (χ0v) is 20.0. The van der Waals surface area contributed by atoms with Gasteiger partial charge >= 0.3 is 0 Å². The summed E-state index contributed by atoms with van der Waals surface area (Å²) in [4.78, 5) is 11.1. The van der Waals surface area contributed by atoms with E-state index in [0.717, 1.165) is 16.7 Å². The highest BCUT2D eigenvalue weighted by atomic mass is 19.1. The van der Waals surface area contributed by atoms with Crippen molar-refractivity contribution in [1.82, 2.24) is 15.0 Å². The van der Waals surface area contributed by atoms with Gasteiger partial charge in [-0.15, -0.1) is 0 Å². The van der Waals surface area contributed by atoms with Gasteiger partial charge in [-0.2, -0.15) is 4.98 Å². The van der Waals surface area contributed by atoms with E-state index in [-0.39, 0.29) is 42.2 Å². The van der Waals surface area contributed by atoms with Gasteiger partial charge in [0, 0.05) is 18.1 Å². The number of halogens is 2. The molecule has 0 aliphatic carbocycles. The molecular weight excluding hydrogens is 496 g/mol. The molecule has 2 aromatic heterocycles. The zero-order valence-electron chi connectivity index (χ0n) is 20.0. The average molecular weight is 520 g/mol. The summed E-state index contributed by atoms with van der Waals surface area (Å²) < 4.78 is 46.9. The summed E-state index contributed by atoms with van der Waals surface area (Å²) >= 11 is 0. The molecule has 0 saturated carbocycles. The summed E-state index contributed by atoms with van der Waals surface area (Å²) in [7, 11) is 0. The Morgan fingerprint density at radius 3 is 2.32 bits per heavy atom. The highest BCUT2D eigenvalue weighted by Gasteiger charge is 2.31. The first-order chi connectivity index (χ1) is 18.5. The third-order valence-corrected chi connectivity index (χ3v) is 6.61. The molecule has 6 rings (SSSR count). The van der Waals surface area contributed by atoms with Crippen molar-refractivity contribution in [3.05, 3.63) is 78.7 Å². The maximum Gasteiger partial charge on any atom is 0.295 e. The summed E-state index contributed by atoms with van der Waals surface area (Å²) in [6.07, 6.45) is 1.16. The van der Waals surface area contributed by atoms with Crippen LogP contribution in [0.1, 0.15) is 6.42 Å². The molecule has 0 unspecified atom stereocenters. The van der Waals surface area contributed by atoms with Gasteiger partial charge in [-0.25, -0.2) is 13.8 Å². The molecule has 3 atom stereocenters. The van der Waals surface area contributed by atoms with Gasteiger partial charge in [0.25, 0.3) is 6.01 Å². The largest absolute Gasteiger partial charge is 0.459 e. The van der Waals surface area contributed by atoms with Gasteiger partial charge in [0.05, 0.1) is 36.6 Å². The lowest BCUT2D eigenvalue weighted by molar-refractivity contribution is -0.131. The minimum absolute atomic E-state index is 0.0118. The maximum atomic E-state index is 15.5. The van der Waals surface area contributed by atoms with Crippen molar-refractivity contribution in [2.45, 2.75) is 24.7 Å². The van der Waals surface area contributed by atoms with E-state index in [1.807, 2.05) is 24.3 Å². The number of nitrogens with zero attached hydrogens (tertiary/aromatic N) is 2. The first-order valence-electron chi connectivity index (χ1n) is 12.1. The van der Waals surface area contributed by atoms with Crippen LogP contribution in [0.3, 0.4) is 0 Å². The van der Waals surface area contributed by atoms with E-state index in [2.05, 4.69) is 15.0 Å². The van der Waals surface area contributed by atoms with Crippen molar-refractivity contribution in [2.75, 3.05) is 13.2 Å². The number of ether oxygens (including phenoxy) is 2. The molecular formula is C28H23F2N3O5. The lowest BCUT2D eigenvalue weighted by Crippen LogP contribution is -2.45. The van der Waals surface area contributed by atoms with Gasteiger partial charge in [-0.1, -0.05) is 36.4 Å². The highest BCUT2D eigenvalue weighted by Crippen LogP contribution is 2.34. The number of oxazole rings is 1. The first kappa shape index (κ1) is 24.2. The number of benzene rings is 3. The number of fused-ring (bicyclic) bond motifs is 1. The number of rotatable bonds is 6. The minimum Gasteiger partial charge on any atom is -0.459 e. The number of H-pyrrole nitrogens is 1. The minimum atomic E-state index is -0.905. The molecule has 1 aliphatic heterocycles. The Hall–Kier alpha value is -4.12. The van der Waals surface area contributed by atoms with Crippen LogP contribution in [0.4, 0.5) is 8.78 Å². The summed E-state index contributed by atoms with van der Waals surface area (Å²) in [6, 6.07) is 15.7. The third-order valence-electron chi connectivity index (χ3n) is 6.61. The van der Waals surface area contributed by atoms with Crippen LogP contribution >= 0.6 is 0 Å². The Bertz CT molecular complexity index is 1550. The number of hydrogen-bond donors (Lipinski definition) is 3. The van der Waals surface area contributed by atoms with E-state index in [1.54, 1.807) is 30.5 Å². The van der Waals surface area contributed by atoms with Crippen molar-refractivity contribution in [3.63, 3.8) is 0 Å². The smallest absolute Gasteiger partial charge is 0.295 e. The molecule has 1 aliphatic rings. The van der Waals surface area contributed by atoms with Crippen molar-refractivity contribution in [1.29, 1.82) is 0 Å². The molecule has 1 saturated heterocycles. The standard InChI is InChI=1S/C28H23F2N3O5/c29-20-12-21-26(33-28(32-21)38-19-11-22(35)23(13-34)37-14-19)25(30)24(20)17-5-1-15(2-6-17)16-3-7-18(8-4-16)27-31-9-10-36-27/h1-10,12,19,22-23,34-35H,11,13-14H2,(H,32,33)/t19-,22+,23-/m1/s1. The molecule has 0 amide bonds. The van der Waals surface area contributed by atoms with Crippen molar-refractivity contribution in [2.24, 2.45) is 0 Å². The second kappa shape index (κ2) is 9.97. The molecule has 3 N–H and O–H groups in total. The van der Waals surface area contributed by atoms with Crippen LogP contribution in [-0.4, -0.2) is 56.7 Å². The van der Waals surface area contributed by atoms with E-state index < -0.39 is 29.9 Å². The number of aromatic nitrogens is 3. The monoisotopic (exact) mass is 519 g/mol. The third kappa shape index (κ3) is 4.53. The Labute approximate surface area is 215 Å². The van der Waals surface area contributed by atoms with E-state index in [1.165, 1.54) is 12.3 Å². The van der Waals surface area contributed by atoms with Crippen LogP contribution in [0.25, 0.3) is 44.7 Å². The number of imidazole rings is 1. The van der Waals surface area contributed by atoms with Gasteiger partial charge in [-0.05, 0) is 28.8 Å². The van der Waals surface area contributed by atoms with E-state index in [9.17, 15) is 10.2 Å². The van der Waals surface area contributed by atoms with Gasteiger partial charge in [0.2, 0.25) is 5.89 Å². The van der Waals surface area contributed by atoms with E-state index >= 15 is 8.78 Å². The summed E-state index contributed by atoms with van der Waals surface area (Å²) in [5.41, 5.74) is 2.91. The number of nitrogens with one attached hydrogen (secondary N) is 1. The second-order valence-corrected chi connectivity index (χ2v) is 9.07. The van der Waals surface area contributed by atoms with E-state index in [0.29, 0.717) is 11.5 Å². The van der Waals surface area contributed by atoms with Crippen LogP contribution in [0.5, 0.6) is 6.01 Å². The molecule has 10 heteroatoms. The van der Waals surface area contributed by atoms with Crippen LogP contribution in [-0.2, 0) is 4.74 Å². The molecule has 194 valence electrons. The van der Waals surface area contributed by atoms with Gasteiger partial charge in [-0.3, -0.25) is 0 Å². The molecule has 0 bridgehead atoms. The van der Waals surface area contributed by atoms with Gasteiger partial charge in [0.15, 0.2) is 5.82 Å². The van der Waals surface area contributed by atoms with Crippen LogP contribution in [0.15, 0.2) is 71.5 Å². The molecule has 38 heavy (non-hydrogen) atoms. The van der Waals surface area contributed by atoms with Crippen LogP contribution in [0, 0.1) is 11.6 Å². The quantitative estimate of drug-likeness (QED) is 0.298. The molecule has 0 spiro atoms. The molecule has 5 aromatic rings. The SMILES string of the molecule is OC[C@H]1OC[C@H](Oc2nc3c(F)c(-c4ccc(-c5ccc(-c6ncco6)cc5)cc4)c(F)cc3[nH]2)C[C@@H]1O. The second-order valence-electron chi connectivity index (χ2n) is 9.07. The Kier molecular flexibility index (Phi) is 6.36. The van der Waals surface area contributed by atoms with Crippen LogP contribution < -0.4 is 4.74 Å². The fourth-order valence-electron chi connectivity index (χ4n) is 4.62. The zero-order chi connectivity index (χ0) is 26.2. The number of aliphatic hydroxyl groups is 2. The lowest BCUT2D eigenvalue weighted by Gasteiger charge is -2.31. The Morgan fingerprint density at radius 1 is 1.00 bits per heavy atom. The predicted molar refractivity (Wildman–Crippen MR) is 134 cm³/mol. The fraction of sp³-hybridized carbons (Fsp3) is 0.214. The first-order valence-corrected chi connectivity index (χ1v) is 12.1. The Balaban J connectivity index is 1.23. The number of aliphatic hydroxyl groups excluding tert-OH is 2. The predicted octanol–water partition coefficient (Wildman–Crippen LogP) is 4.72. The van der Waals surface area contributed by atoms with Crippen LogP contribution in [0.2, 0.25) is 0 Å². The lowest BCUT2D eigenvalue weighted by atomic mass is 9.98. The van der Waals surface area contributed by atoms with Gasteiger partial charge in [0.1, 0.15) is 29.8 Å². The van der Waals surface area contributed by atoms with E-state index in [4.69, 9.17) is 13.9 Å². The normalized spacial score (nSPS) is 19.6. The van der Waals surface area contributed by atoms with Gasteiger partial charge < -0.3 is 29.1 Å². The molecule has 1 fully saturated rings. The topological polar surface area (TPSA) is 114 Å². The molecule has 0 radical (unpaired) electrons. The fourth-order valence-corrected chi connectivity index (χ4v) is 4.62. The van der Waals surface area contributed by atoms with Crippen molar-refractivity contribution >= 4 is 11.0 Å². The number of aromatic amines is 1. The van der Waals surface area contributed by atoms with Crippen molar-refractivity contribution < 1.29 is 32.9 Å². The van der Waals surface area contributed by atoms with Crippen molar-refractivity contribution in [3.8, 4) is 39.7 Å². The molecule has 8 nitrogen and oxygen atoms in total. The number of hydrogen-bond acceptors (Lipinski definition) is 7. The Morgan fingerprint density at radius 2 is 1.68 bits per heavy atom. The summed E-state index contributed by atoms with van der Waals surface area (Å²) in [5.74, 6) is -1.02. The summed E-state index contributed by atoms with van der Waals surface area (Å²) in [5, 5.41) is 19.2. The highest BCUT2D eigenvalue weighted by molar-refractivity contribution is 5.84.